The molecule has 2 heterocycles. The summed E-state index contributed by atoms with van der Waals surface area (Å²) < 4.78 is 31.9. The molecule has 3 nitrogen and oxygen atoms in total. The van der Waals surface area contributed by atoms with Crippen molar-refractivity contribution in [3.63, 3.8) is 0 Å². The van der Waals surface area contributed by atoms with Gasteiger partial charge in [-0.25, -0.2) is 8.78 Å². The summed E-state index contributed by atoms with van der Waals surface area (Å²) in [5.74, 6) is -1.20. The lowest BCUT2D eigenvalue weighted by Gasteiger charge is -2.31. The van der Waals surface area contributed by atoms with E-state index >= 15 is 0 Å². The average Bonchev–Trinajstić information content (AvgIpc) is 3.25. The molecule has 114 valence electrons. The summed E-state index contributed by atoms with van der Waals surface area (Å²) in [4.78, 5) is 14.0. The number of amides is 1. The fraction of sp³-hybridized carbons (Fsp3) is 0.562. The van der Waals surface area contributed by atoms with Crippen molar-refractivity contribution in [2.75, 3.05) is 19.7 Å². The molecule has 0 saturated carbocycles. The number of piperidine rings is 1. The Morgan fingerprint density at radius 1 is 1.24 bits per heavy atom. The highest BCUT2D eigenvalue weighted by molar-refractivity contribution is 5.77. The van der Waals surface area contributed by atoms with E-state index in [0.29, 0.717) is 18.7 Å². The van der Waals surface area contributed by atoms with Crippen LogP contribution >= 0.6 is 0 Å². The monoisotopic (exact) mass is 295 g/mol. The Hall–Kier alpha value is -1.49. The van der Waals surface area contributed by atoms with Crippen LogP contribution in [0.2, 0.25) is 0 Å². The van der Waals surface area contributed by atoms with Crippen LogP contribution in [0.4, 0.5) is 8.78 Å². The number of hydrogen-bond acceptors (Lipinski definition) is 2. The van der Waals surface area contributed by atoms with Crippen molar-refractivity contribution in [1.29, 1.82) is 0 Å². The van der Waals surface area contributed by atoms with Gasteiger partial charge in [-0.05, 0) is 18.4 Å². The van der Waals surface area contributed by atoms with E-state index in [4.69, 9.17) is 4.74 Å². The highest BCUT2D eigenvalue weighted by Gasteiger charge is 2.47. The Balaban J connectivity index is 1.61. The largest absolute Gasteiger partial charge is 0.369 e. The van der Waals surface area contributed by atoms with Gasteiger partial charge in [-0.3, -0.25) is 4.79 Å². The van der Waals surface area contributed by atoms with E-state index in [0.717, 1.165) is 19.4 Å². The van der Waals surface area contributed by atoms with Crippen LogP contribution in [-0.2, 0) is 9.53 Å². The van der Waals surface area contributed by atoms with E-state index in [2.05, 4.69) is 0 Å². The Morgan fingerprint density at radius 2 is 1.86 bits per heavy atom. The number of ether oxygens (including phenoxy) is 1. The molecule has 2 saturated heterocycles. The van der Waals surface area contributed by atoms with Crippen LogP contribution in [0.1, 0.15) is 30.7 Å². The van der Waals surface area contributed by atoms with Gasteiger partial charge in [0.15, 0.2) is 0 Å². The zero-order valence-electron chi connectivity index (χ0n) is 11.8. The van der Waals surface area contributed by atoms with E-state index < -0.39 is 12.3 Å². The Kier molecular flexibility index (Phi) is 3.93. The molecule has 0 N–H and O–H groups in total. The topological polar surface area (TPSA) is 32.8 Å². The van der Waals surface area contributed by atoms with Gasteiger partial charge in [0.25, 0.3) is 0 Å². The van der Waals surface area contributed by atoms with Gasteiger partial charge in [0.05, 0.1) is 18.1 Å². The molecule has 1 aromatic carbocycles. The summed E-state index contributed by atoms with van der Waals surface area (Å²) in [5.41, 5.74) is 0.526. The van der Waals surface area contributed by atoms with Crippen LogP contribution in [0.15, 0.2) is 30.3 Å². The molecular formula is C16H19F2NO2. The van der Waals surface area contributed by atoms with Gasteiger partial charge < -0.3 is 9.64 Å². The minimum absolute atomic E-state index is 0.00166. The van der Waals surface area contributed by atoms with E-state index in [9.17, 15) is 13.6 Å². The van der Waals surface area contributed by atoms with E-state index in [1.54, 1.807) is 35.2 Å². The summed E-state index contributed by atoms with van der Waals surface area (Å²) in [6.45, 7) is 2.01. The second-order valence-electron chi connectivity index (χ2n) is 5.91. The Labute approximate surface area is 122 Å². The highest BCUT2D eigenvalue weighted by Crippen LogP contribution is 2.38. The van der Waals surface area contributed by atoms with Gasteiger partial charge in [0.2, 0.25) is 12.3 Å². The fourth-order valence-electron chi connectivity index (χ4n) is 2.92. The van der Waals surface area contributed by atoms with Crippen molar-refractivity contribution in [3.05, 3.63) is 35.9 Å². The van der Waals surface area contributed by atoms with E-state index in [-0.39, 0.29) is 17.9 Å². The molecule has 0 aromatic heterocycles. The van der Waals surface area contributed by atoms with Crippen LogP contribution in [0.25, 0.3) is 0 Å². The zero-order valence-corrected chi connectivity index (χ0v) is 11.8. The lowest BCUT2D eigenvalue weighted by Crippen LogP contribution is -2.42. The molecule has 2 fully saturated rings. The molecule has 1 atom stereocenters. The van der Waals surface area contributed by atoms with Gasteiger partial charge >= 0.3 is 0 Å². The first kappa shape index (κ1) is 14.4. The first-order valence-electron chi connectivity index (χ1n) is 7.34. The van der Waals surface area contributed by atoms with Crippen molar-refractivity contribution < 1.29 is 18.3 Å². The molecule has 2 aliphatic rings. The average molecular weight is 295 g/mol. The summed E-state index contributed by atoms with van der Waals surface area (Å²) in [7, 11) is 0. The maximum absolute atomic E-state index is 13.3. The van der Waals surface area contributed by atoms with E-state index in [1.807, 2.05) is 0 Å². The fourth-order valence-corrected chi connectivity index (χ4v) is 2.92. The van der Waals surface area contributed by atoms with Gasteiger partial charge in [-0.15, -0.1) is 0 Å². The van der Waals surface area contributed by atoms with Crippen LogP contribution < -0.4 is 0 Å². The molecule has 1 amide bonds. The van der Waals surface area contributed by atoms with Crippen molar-refractivity contribution >= 4 is 5.91 Å². The third kappa shape index (κ3) is 3.23. The molecule has 0 radical (unpaired) electrons. The highest BCUT2D eigenvalue weighted by atomic mass is 19.3. The maximum atomic E-state index is 13.3. The summed E-state index contributed by atoms with van der Waals surface area (Å²) >= 11 is 0. The molecular weight excluding hydrogens is 276 g/mol. The third-order valence-corrected chi connectivity index (χ3v) is 4.51. The number of rotatable bonds is 4. The number of nitrogens with zero attached hydrogens (tertiary/aromatic N) is 1. The molecule has 3 rings (SSSR count). The standard InChI is InChI=1S/C16H19F2NO2/c17-15(18)13(12-4-2-1-3-5-12)10-14(20)19-8-6-16(7-9-19)11-21-16/h1-5,13,15H,6-11H2. The molecule has 21 heavy (non-hydrogen) atoms. The van der Waals surface area contributed by atoms with Gasteiger partial charge in [-0.2, -0.15) is 0 Å². The Morgan fingerprint density at radius 3 is 2.38 bits per heavy atom. The molecule has 1 aromatic rings. The molecule has 2 aliphatic heterocycles. The predicted octanol–water partition coefficient (Wildman–Crippen LogP) is 2.82. The first-order valence-corrected chi connectivity index (χ1v) is 7.34. The second kappa shape index (κ2) is 5.72. The van der Waals surface area contributed by atoms with Gasteiger partial charge in [0.1, 0.15) is 0 Å². The minimum Gasteiger partial charge on any atom is -0.369 e. The third-order valence-electron chi connectivity index (χ3n) is 4.51. The van der Waals surface area contributed by atoms with Crippen LogP contribution in [0.3, 0.4) is 0 Å². The first-order chi connectivity index (χ1) is 10.1. The van der Waals surface area contributed by atoms with Gasteiger partial charge in [0, 0.05) is 19.5 Å². The summed E-state index contributed by atoms with van der Waals surface area (Å²) in [5, 5.41) is 0. The number of alkyl halides is 2. The molecule has 0 aliphatic carbocycles. The van der Waals surface area contributed by atoms with E-state index in [1.165, 1.54) is 0 Å². The minimum atomic E-state index is -2.53. The number of carbonyl (C=O) groups excluding carboxylic acids is 1. The normalized spacial score (nSPS) is 21.6. The molecule has 1 spiro atoms. The summed E-state index contributed by atoms with van der Waals surface area (Å²) in [6, 6.07) is 8.56. The summed E-state index contributed by atoms with van der Waals surface area (Å²) in [6.07, 6.45) is -1.01. The molecule has 5 heteroatoms. The molecule has 0 bridgehead atoms. The number of likely N-dealkylation sites (tertiary alicyclic amines) is 1. The van der Waals surface area contributed by atoms with Crippen LogP contribution in [0, 0.1) is 0 Å². The number of carbonyl (C=O) groups is 1. The van der Waals surface area contributed by atoms with Crippen LogP contribution in [0.5, 0.6) is 0 Å². The number of halogens is 2. The van der Waals surface area contributed by atoms with Crippen molar-refractivity contribution in [2.45, 2.75) is 37.2 Å². The van der Waals surface area contributed by atoms with Crippen molar-refractivity contribution in [3.8, 4) is 0 Å². The number of benzene rings is 1. The number of epoxide rings is 1. The lowest BCUT2D eigenvalue weighted by molar-refractivity contribution is -0.134. The second-order valence-corrected chi connectivity index (χ2v) is 5.91. The molecule has 1 unspecified atom stereocenters. The smallest absolute Gasteiger partial charge is 0.245 e. The predicted molar refractivity (Wildman–Crippen MR) is 74.3 cm³/mol. The van der Waals surface area contributed by atoms with Crippen molar-refractivity contribution in [1.82, 2.24) is 4.90 Å². The van der Waals surface area contributed by atoms with Crippen LogP contribution in [-0.4, -0.2) is 42.5 Å². The SMILES string of the molecule is O=C(CC(c1ccccc1)C(F)F)N1CCC2(CC1)CO2. The maximum Gasteiger partial charge on any atom is 0.245 e. The Bertz CT molecular complexity index is 492. The lowest BCUT2D eigenvalue weighted by atomic mass is 9.93. The van der Waals surface area contributed by atoms with Gasteiger partial charge in [-0.1, -0.05) is 30.3 Å². The van der Waals surface area contributed by atoms with Crippen molar-refractivity contribution in [2.24, 2.45) is 0 Å². The zero-order chi connectivity index (χ0) is 14.9. The quantitative estimate of drug-likeness (QED) is 0.800. The number of hydrogen-bond donors (Lipinski definition) is 0.